The third kappa shape index (κ3) is 5.01. The van der Waals surface area contributed by atoms with Crippen LogP contribution in [0.4, 0.5) is 0 Å². The lowest BCUT2D eigenvalue weighted by Crippen LogP contribution is -2.51. The molecule has 0 aliphatic carbocycles. The summed E-state index contributed by atoms with van der Waals surface area (Å²) in [5, 5.41) is 6.37. The van der Waals surface area contributed by atoms with Gasteiger partial charge in [-0.2, -0.15) is 0 Å². The van der Waals surface area contributed by atoms with Gasteiger partial charge in [0.15, 0.2) is 0 Å². The first-order chi connectivity index (χ1) is 9.24. The van der Waals surface area contributed by atoms with Crippen molar-refractivity contribution in [1.82, 2.24) is 15.5 Å². The molecule has 1 saturated heterocycles. The molecule has 4 heteroatoms. The summed E-state index contributed by atoms with van der Waals surface area (Å²) in [5.74, 6) is 0.130. The van der Waals surface area contributed by atoms with Crippen molar-refractivity contribution in [3.8, 4) is 0 Å². The van der Waals surface area contributed by atoms with Gasteiger partial charge in [0.1, 0.15) is 0 Å². The first-order valence-corrected chi connectivity index (χ1v) is 7.00. The maximum atomic E-state index is 11.8. The maximum Gasteiger partial charge on any atom is 0.234 e. The molecule has 1 amide bonds. The molecule has 2 N–H and O–H groups in total. The zero-order valence-electron chi connectivity index (χ0n) is 11.6. The van der Waals surface area contributed by atoms with Gasteiger partial charge in [0.05, 0.1) is 6.54 Å². The molecule has 1 atom stereocenters. The fourth-order valence-electron chi connectivity index (χ4n) is 2.41. The van der Waals surface area contributed by atoms with E-state index in [-0.39, 0.29) is 5.91 Å². The van der Waals surface area contributed by atoms with Crippen LogP contribution in [0.3, 0.4) is 0 Å². The minimum atomic E-state index is 0.130. The summed E-state index contributed by atoms with van der Waals surface area (Å²) in [6.45, 7) is 6.26. The monoisotopic (exact) mass is 261 g/mol. The summed E-state index contributed by atoms with van der Waals surface area (Å²) in [6, 6.07) is 10.7. The van der Waals surface area contributed by atoms with Crippen LogP contribution >= 0.6 is 0 Å². The fraction of sp³-hybridized carbons (Fsp3) is 0.533. The summed E-state index contributed by atoms with van der Waals surface area (Å²) in [7, 11) is 0. The fourth-order valence-corrected chi connectivity index (χ4v) is 2.41. The van der Waals surface area contributed by atoms with Gasteiger partial charge >= 0.3 is 0 Å². The molecule has 1 aromatic rings. The Labute approximate surface area is 115 Å². The van der Waals surface area contributed by atoms with Crippen molar-refractivity contribution in [1.29, 1.82) is 0 Å². The molecular formula is C15H23N3O. The number of nitrogens with zero attached hydrogens (tertiary/aromatic N) is 1. The molecule has 0 spiro atoms. The minimum Gasteiger partial charge on any atom is -0.355 e. The second kappa shape index (κ2) is 7.26. The Kier molecular flexibility index (Phi) is 5.36. The summed E-state index contributed by atoms with van der Waals surface area (Å²) in [4.78, 5) is 14.0. The van der Waals surface area contributed by atoms with Crippen LogP contribution in [0.2, 0.25) is 0 Å². The first-order valence-electron chi connectivity index (χ1n) is 7.00. The van der Waals surface area contributed by atoms with Crippen molar-refractivity contribution in [3.63, 3.8) is 0 Å². The number of hydrogen-bond acceptors (Lipinski definition) is 3. The molecule has 1 aliphatic heterocycles. The number of nitrogens with one attached hydrogen (secondary N) is 2. The van der Waals surface area contributed by atoms with E-state index in [2.05, 4.69) is 34.6 Å². The molecule has 0 saturated carbocycles. The zero-order chi connectivity index (χ0) is 13.5. The van der Waals surface area contributed by atoms with Crippen molar-refractivity contribution < 1.29 is 4.79 Å². The second-order valence-corrected chi connectivity index (χ2v) is 5.18. The molecule has 1 fully saturated rings. The van der Waals surface area contributed by atoms with E-state index in [4.69, 9.17) is 0 Å². The Morgan fingerprint density at radius 1 is 1.42 bits per heavy atom. The van der Waals surface area contributed by atoms with Crippen molar-refractivity contribution in [2.75, 3.05) is 32.7 Å². The van der Waals surface area contributed by atoms with E-state index < -0.39 is 0 Å². The predicted octanol–water partition coefficient (Wildman–Crippen LogP) is 0.639. The van der Waals surface area contributed by atoms with Crippen LogP contribution in [0.25, 0.3) is 0 Å². The third-order valence-corrected chi connectivity index (χ3v) is 3.40. The third-order valence-electron chi connectivity index (χ3n) is 3.40. The molecule has 0 aromatic heterocycles. The van der Waals surface area contributed by atoms with Gasteiger partial charge in [-0.25, -0.2) is 0 Å². The molecule has 0 bridgehead atoms. The van der Waals surface area contributed by atoms with Gasteiger partial charge in [-0.3, -0.25) is 9.69 Å². The molecule has 19 heavy (non-hydrogen) atoms. The number of hydrogen-bond donors (Lipinski definition) is 2. The SMILES string of the molecule is CC1CN(CC(=O)NCCc2ccccc2)CCN1. The van der Waals surface area contributed by atoms with Gasteiger partial charge in [0.2, 0.25) is 5.91 Å². The number of carbonyl (C=O) groups is 1. The van der Waals surface area contributed by atoms with Crippen LogP contribution in [0.5, 0.6) is 0 Å². The average Bonchev–Trinajstić information content (AvgIpc) is 2.40. The molecule has 104 valence electrons. The summed E-state index contributed by atoms with van der Waals surface area (Å²) < 4.78 is 0. The molecule has 1 heterocycles. The highest BCUT2D eigenvalue weighted by Crippen LogP contribution is 1.99. The van der Waals surface area contributed by atoms with E-state index in [1.54, 1.807) is 0 Å². The minimum absolute atomic E-state index is 0.130. The average molecular weight is 261 g/mol. The number of carbonyl (C=O) groups excluding carboxylic acids is 1. The van der Waals surface area contributed by atoms with Crippen LogP contribution in [-0.2, 0) is 11.2 Å². The molecule has 4 nitrogen and oxygen atoms in total. The lowest BCUT2D eigenvalue weighted by molar-refractivity contribution is -0.122. The van der Waals surface area contributed by atoms with E-state index in [0.717, 1.165) is 26.1 Å². The smallest absolute Gasteiger partial charge is 0.234 e. The normalized spacial score (nSPS) is 20.2. The Morgan fingerprint density at radius 2 is 2.21 bits per heavy atom. The Balaban J connectivity index is 1.64. The molecule has 1 unspecified atom stereocenters. The van der Waals surface area contributed by atoms with E-state index in [1.165, 1.54) is 5.56 Å². The maximum absolute atomic E-state index is 11.8. The number of amides is 1. The Bertz CT molecular complexity index is 394. The van der Waals surface area contributed by atoms with Gasteiger partial charge in [0.25, 0.3) is 0 Å². The zero-order valence-corrected chi connectivity index (χ0v) is 11.6. The van der Waals surface area contributed by atoms with Gasteiger partial charge in [-0.05, 0) is 18.9 Å². The topological polar surface area (TPSA) is 44.4 Å². The summed E-state index contributed by atoms with van der Waals surface area (Å²) in [5.41, 5.74) is 1.26. The predicted molar refractivity (Wildman–Crippen MR) is 77.1 cm³/mol. The highest BCUT2D eigenvalue weighted by molar-refractivity contribution is 5.78. The highest BCUT2D eigenvalue weighted by Gasteiger charge is 2.17. The van der Waals surface area contributed by atoms with E-state index in [1.807, 2.05) is 18.2 Å². The summed E-state index contributed by atoms with van der Waals surface area (Å²) in [6.07, 6.45) is 0.893. The molecular weight excluding hydrogens is 238 g/mol. The number of rotatable bonds is 5. The van der Waals surface area contributed by atoms with E-state index >= 15 is 0 Å². The highest BCUT2D eigenvalue weighted by atomic mass is 16.2. The number of benzene rings is 1. The van der Waals surface area contributed by atoms with Gasteiger partial charge < -0.3 is 10.6 Å². The van der Waals surface area contributed by atoms with Crippen LogP contribution < -0.4 is 10.6 Å². The van der Waals surface area contributed by atoms with Crippen LogP contribution in [0, 0.1) is 0 Å². The van der Waals surface area contributed by atoms with Gasteiger partial charge in [0, 0.05) is 32.2 Å². The molecule has 2 rings (SSSR count). The van der Waals surface area contributed by atoms with Crippen molar-refractivity contribution in [2.24, 2.45) is 0 Å². The van der Waals surface area contributed by atoms with E-state index in [9.17, 15) is 4.79 Å². The second-order valence-electron chi connectivity index (χ2n) is 5.18. The first kappa shape index (κ1) is 14.0. The lowest BCUT2D eigenvalue weighted by atomic mass is 10.1. The van der Waals surface area contributed by atoms with Gasteiger partial charge in [-0.15, -0.1) is 0 Å². The van der Waals surface area contributed by atoms with Crippen molar-refractivity contribution >= 4 is 5.91 Å². The van der Waals surface area contributed by atoms with Crippen LogP contribution in [0.1, 0.15) is 12.5 Å². The van der Waals surface area contributed by atoms with Crippen LogP contribution in [0.15, 0.2) is 30.3 Å². The largest absolute Gasteiger partial charge is 0.355 e. The molecule has 1 aromatic carbocycles. The number of piperazine rings is 1. The standard InChI is InChI=1S/C15H23N3O/c1-13-11-18(10-9-16-13)12-15(19)17-8-7-14-5-3-2-4-6-14/h2-6,13,16H,7-12H2,1H3,(H,17,19). The Morgan fingerprint density at radius 3 is 2.95 bits per heavy atom. The summed E-state index contributed by atoms with van der Waals surface area (Å²) >= 11 is 0. The van der Waals surface area contributed by atoms with Crippen LogP contribution in [-0.4, -0.2) is 49.6 Å². The quantitative estimate of drug-likeness (QED) is 0.817. The van der Waals surface area contributed by atoms with E-state index in [0.29, 0.717) is 19.1 Å². The Hall–Kier alpha value is -1.39. The molecule has 0 radical (unpaired) electrons. The molecule has 1 aliphatic rings. The lowest BCUT2D eigenvalue weighted by Gasteiger charge is -2.31. The van der Waals surface area contributed by atoms with Gasteiger partial charge in [-0.1, -0.05) is 30.3 Å². The van der Waals surface area contributed by atoms with Crippen molar-refractivity contribution in [3.05, 3.63) is 35.9 Å². The van der Waals surface area contributed by atoms with Crippen molar-refractivity contribution in [2.45, 2.75) is 19.4 Å².